The minimum Gasteiger partial charge on any atom is -0.504 e. The Labute approximate surface area is 171 Å². The number of hydrogen-bond donors (Lipinski definition) is 3. The first-order valence-corrected chi connectivity index (χ1v) is 10.9. The van der Waals surface area contributed by atoms with Crippen LogP contribution in [0.5, 0.6) is 11.5 Å². The molecule has 28 heavy (non-hydrogen) atoms. The molecule has 0 aromatic heterocycles. The molecular formula is C24H40O4. The molecule has 1 aromatic carbocycles. The van der Waals surface area contributed by atoms with E-state index in [4.69, 9.17) is 15.3 Å². The van der Waals surface area contributed by atoms with Crippen molar-refractivity contribution in [2.24, 2.45) is 0 Å². The number of unbranched alkanes of at least 4 members (excludes halogenated alkanes) is 11. The zero-order chi connectivity index (χ0) is 20.9. The van der Waals surface area contributed by atoms with Gasteiger partial charge >= 0.3 is 5.97 Å². The minimum atomic E-state index is -0.664. The number of carboxylic acids is 1. The third kappa shape index (κ3) is 18.8. The van der Waals surface area contributed by atoms with E-state index in [1.165, 1.54) is 82.8 Å². The van der Waals surface area contributed by atoms with Crippen molar-refractivity contribution < 1.29 is 20.1 Å². The molecule has 0 aliphatic carbocycles. The Morgan fingerprint density at radius 2 is 1.18 bits per heavy atom. The number of aromatic hydroxyl groups is 2. The van der Waals surface area contributed by atoms with Gasteiger partial charge in [0.2, 0.25) is 0 Å². The van der Waals surface area contributed by atoms with Crippen molar-refractivity contribution in [2.75, 3.05) is 0 Å². The SMILES string of the molecule is CCCCCCCC/C=C\CCCCCCCC(=O)O.Oc1ccccc1O. The molecular weight excluding hydrogens is 352 g/mol. The molecule has 0 amide bonds. The van der Waals surface area contributed by atoms with Crippen molar-refractivity contribution >= 4 is 5.97 Å². The van der Waals surface area contributed by atoms with Crippen molar-refractivity contribution in [3.05, 3.63) is 36.4 Å². The molecule has 1 aromatic rings. The third-order valence-corrected chi connectivity index (χ3v) is 4.53. The van der Waals surface area contributed by atoms with Crippen LogP contribution < -0.4 is 0 Å². The highest BCUT2D eigenvalue weighted by Gasteiger charge is 1.96. The molecule has 0 radical (unpaired) electrons. The molecule has 0 atom stereocenters. The average Bonchev–Trinajstić information content (AvgIpc) is 2.67. The number of rotatable bonds is 15. The number of aliphatic carboxylic acids is 1. The van der Waals surface area contributed by atoms with Gasteiger partial charge in [-0.1, -0.05) is 82.6 Å². The van der Waals surface area contributed by atoms with E-state index < -0.39 is 5.97 Å². The molecule has 0 aliphatic heterocycles. The van der Waals surface area contributed by atoms with Crippen molar-refractivity contribution in [3.63, 3.8) is 0 Å². The van der Waals surface area contributed by atoms with Crippen molar-refractivity contribution in [2.45, 2.75) is 96.8 Å². The van der Waals surface area contributed by atoms with Crippen LogP contribution in [0.3, 0.4) is 0 Å². The lowest BCUT2D eigenvalue weighted by Gasteiger charge is -1.99. The lowest BCUT2D eigenvalue weighted by Crippen LogP contribution is -1.93. The molecule has 4 heteroatoms. The Morgan fingerprint density at radius 1 is 0.750 bits per heavy atom. The van der Waals surface area contributed by atoms with Gasteiger partial charge in [0, 0.05) is 6.42 Å². The number of para-hydroxylation sites is 2. The fraction of sp³-hybridized carbons (Fsp3) is 0.625. The fourth-order valence-corrected chi connectivity index (χ4v) is 2.81. The van der Waals surface area contributed by atoms with Gasteiger partial charge in [-0.25, -0.2) is 0 Å². The van der Waals surface area contributed by atoms with Crippen molar-refractivity contribution in [1.29, 1.82) is 0 Å². The van der Waals surface area contributed by atoms with Crippen LogP contribution in [0.1, 0.15) is 96.8 Å². The number of phenols is 2. The number of carbonyl (C=O) groups is 1. The summed E-state index contributed by atoms with van der Waals surface area (Å²) in [5, 5.41) is 25.8. The number of hydrogen-bond acceptors (Lipinski definition) is 3. The van der Waals surface area contributed by atoms with Gasteiger partial charge in [-0.2, -0.15) is 0 Å². The van der Waals surface area contributed by atoms with E-state index >= 15 is 0 Å². The van der Waals surface area contributed by atoms with Crippen LogP contribution in [0.2, 0.25) is 0 Å². The van der Waals surface area contributed by atoms with Gasteiger partial charge in [-0.15, -0.1) is 0 Å². The van der Waals surface area contributed by atoms with E-state index in [1.807, 2.05) is 0 Å². The molecule has 4 nitrogen and oxygen atoms in total. The molecule has 0 aliphatic rings. The summed E-state index contributed by atoms with van der Waals surface area (Å²) in [6.45, 7) is 2.26. The van der Waals surface area contributed by atoms with E-state index in [1.54, 1.807) is 12.1 Å². The van der Waals surface area contributed by atoms with Gasteiger partial charge in [0.05, 0.1) is 0 Å². The maximum absolute atomic E-state index is 10.3. The van der Waals surface area contributed by atoms with Gasteiger partial charge in [-0.3, -0.25) is 4.79 Å². The van der Waals surface area contributed by atoms with Gasteiger partial charge in [-0.05, 0) is 44.2 Å². The maximum Gasteiger partial charge on any atom is 0.303 e. The second kappa shape index (κ2) is 19.8. The molecule has 0 saturated carbocycles. The molecule has 0 saturated heterocycles. The van der Waals surface area contributed by atoms with E-state index in [9.17, 15) is 4.79 Å². The van der Waals surface area contributed by atoms with E-state index in [2.05, 4.69) is 19.1 Å². The Morgan fingerprint density at radius 3 is 1.61 bits per heavy atom. The predicted octanol–water partition coefficient (Wildman–Crippen LogP) is 7.21. The van der Waals surface area contributed by atoms with Gasteiger partial charge < -0.3 is 15.3 Å². The smallest absolute Gasteiger partial charge is 0.303 e. The van der Waals surface area contributed by atoms with E-state index in [0.29, 0.717) is 6.42 Å². The summed E-state index contributed by atoms with van der Waals surface area (Å²) in [5.74, 6) is -0.817. The summed E-state index contributed by atoms with van der Waals surface area (Å²) in [4.78, 5) is 10.3. The predicted molar refractivity (Wildman–Crippen MR) is 117 cm³/mol. The van der Waals surface area contributed by atoms with Crippen LogP contribution in [-0.2, 0) is 4.79 Å². The number of phenolic OH excluding ortho intramolecular Hbond substituents is 2. The first kappa shape index (κ1) is 26.0. The lowest BCUT2D eigenvalue weighted by atomic mass is 10.1. The Bertz CT molecular complexity index is 490. The van der Waals surface area contributed by atoms with Crippen LogP contribution in [0.15, 0.2) is 36.4 Å². The highest BCUT2D eigenvalue weighted by molar-refractivity contribution is 5.66. The molecule has 3 N–H and O–H groups in total. The molecule has 160 valence electrons. The average molecular weight is 393 g/mol. The van der Waals surface area contributed by atoms with Crippen LogP contribution in [0.25, 0.3) is 0 Å². The second-order valence-electron chi connectivity index (χ2n) is 7.22. The number of carboxylic acid groups (broad SMARTS) is 1. The van der Waals surface area contributed by atoms with Crippen LogP contribution >= 0.6 is 0 Å². The van der Waals surface area contributed by atoms with E-state index in [-0.39, 0.29) is 11.5 Å². The van der Waals surface area contributed by atoms with Crippen LogP contribution in [-0.4, -0.2) is 21.3 Å². The monoisotopic (exact) mass is 392 g/mol. The van der Waals surface area contributed by atoms with Crippen molar-refractivity contribution in [3.8, 4) is 11.5 Å². The summed E-state index contributed by atoms with van der Waals surface area (Å²) >= 11 is 0. The van der Waals surface area contributed by atoms with Crippen LogP contribution in [0, 0.1) is 0 Å². The molecule has 0 bridgehead atoms. The summed E-state index contributed by atoms with van der Waals surface area (Å²) < 4.78 is 0. The number of benzene rings is 1. The Balaban J connectivity index is 0.000000749. The minimum absolute atomic E-state index is 0.0764. The van der Waals surface area contributed by atoms with Gasteiger partial charge in [0.15, 0.2) is 11.5 Å². The highest BCUT2D eigenvalue weighted by Crippen LogP contribution is 2.21. The first-order chi connectivity index (χ1) is 13.6. The normalized spacial score (nSPS) is 10.6. The second-order valence-corrected chi connectivity index (χ2v) is 7.22. The summed E-state index contributed by atoms with van der Waals surface area (Å²) in [6.07, 6.45) is 21.2. The molecule has 0 spiro atoms. The molecule has 1 rings (SSSR count). The Kier molecular flexibility index (Phi) is 18.4. The van der Waals surface area contributed by atoms with Crippen molar-refractivity contribution in [1.82, 2.24) is 0 Å². The van der Waals surface area contributed by atoms with Gasteiger partial charge in [0.1, 0.15) is 0 Å². The third-order valence-electron chi connectivity index (χ3n) is 4.53. The van der Waals surface area contributed by atoms with E-state index in [0.717, 1.165) is 12.8 Å². The summed E-state index contributed by atoms with van der Waals surface area (Å²) in [5.41, 5.74) is 0. The highest BCUT2D eigenvalue weighted by atomic mass is 16.4. The number of allylic oxidation sites excluding steroid dienone is 2. The lowest BCUT2D eigenvalue weighted by molar-refractivity contribution is -0.137. The maximum atomic E-state index is 10.3. The molecule has 0 heterocycles. The standard InChI is InChI=1S/C18H34O2.C6H6O2/c1-2-3-4-5-6-7-8-9-10-11-12-13-14-15-16-17-18(19)20;7-5-3-1-2-4-6(5)8/h9-10H,2-8,11-17H2,1H3,(H,19,20);1-4,7-8H/b10-9-;. The zero-order valence-corrected chi connectivity index (χ0v) is 17.6. The fourth-order valence-electron chi connectivity index (χ4n) is 2.81. The van der Waals surface area contributed by atoms with Crippen LogP contribution in [0.4, 0.5) is 0 Å². The Hall–Kier alpha value is -1.97. The first-order valence-electron chi connectivity index (χ1n) is 10.9. The topological polar surface area (TPSA) is 77.8 Å². The quantitative estimate of drug-likeness (QED) is 0.167. The van der Waals surface area contributed by atoms with Gasteiger partial charge in [0.25, 0.3) is 0 Å². The summed E-state index contributed by atoms with van der Waals surface area (Å²) in [7, 11) is 0. The molecule has 0 fully saturated rings. The molecule has 0 unspecified atom stereocenters. The summed E-state index contributed by atoms with van der Waals surface area (Å²) in [6, 6.07) is 6.15. The largest absolute Gasteiger partial charge is 0.504 e. The zero-order valence-electron chi connectivity index (χ0n) is 17.6.